The zero-order valence-corrected chi connectivity index (χ0v) is 13.3. The van der Waals surface area contributed by atoms with E-state index >= 15 is 0 Å². The van der Waals surface area contributed by atoms with Gasteiger partial charge in [0.1, 0.15) is 11.5 Å². The van der Waals surface area contributed by atoms with E-state index in [0.717, 1.165) is 29.0 Å². The van der Waals surface area contributed by atoms with Crippen molar-refractivity contribution >= 4 is 15.9 Å². The monoisotopic (exact) mass is 321 g/mol. The molecular formula is C16H20BrNO. The molecule has 102 valence electrons. The van der Waals surface area contributed by atoms with Gasteiger partial charge in [-0.05, 0) is 62.2 Å². The van der Waals surface area contributed by atoms with Gasteiger partial charge in [-0.2, -0.15) is 0 Å². The largest absolute Gasteiger partial charge is 0.464 e. The van der Waals surface area contributed by atoms with Crippen LogP contribution in [-0.4, -0.2) is 6.54 Å². The molecule has 0 amide bonds. The number of aryl methyl sites for hydroxylation is 2. The van der Waals surface area contributed by atoms with Crippen LogP contribution in [0.1, 0.15) is 42.0 Å². The SMILES string of the molecule is CCCNC(c1cc(C)cc(Br)c1)c1ccc(C)o1. The van der Waals surface area contributed by atoms with Crippen LogP contribution < -0.4 is 5.32 Å². The van der Waals surface area contributed by atoms with Crippen LogP contribution in [0.2, 0.25) is 0 Å². The second-order valence-corrected chi connectivity index (χ2v) is 5.81. The maximum absolute atomic E-state index is 5.80. The molecule has 1 aromatic carbocycles. The Bertz CT molecular complexity index is 527. The number of hydrogen-bond donors (Lipinski definition) is 1. The Kier molecular flexibility index (Phi) is 4.83. The summed E-state index contributed by atoms with van der Waals surface area (Å²) in [5, 5.41) is 3.56. The molecule has 2 rings (SSSR count). The van der Waals surface area contributed by atoms with E-state index in [-0.39, 0.29) is 6.04 Å². The zero-order valence-electron chi connectivity index (χ0n) is 11.7. The molecule has 0 aliphatic heterocycles. The Labute approximate surface area is 123 Å². The molecule has 19 heavy (non-hydrogen) atoms. The number of nitrogens with one attached hydrogen (secondary N) is 1. The molecule has 0 saturated carbocycles. The van der Waals surface area contributed by atoms with Crippen LogP contribution in [0.25, 0.3) is 0 Å². The van der Waals surface area contributed by atoms with E-state index in [9.17, 15) is 0 Å². The summed E-state index contributed by atoms with van der Waals surface area (Å²) in [6.07, 6.45) is 1.10. The Balaban J connectivity index is 2.36. The maximum Gasteiger partial charge on any atom is 0.125 e. The summed E-state index contributed by atoms with van der Waals surface area (Å²) in [5.74, 6) is 1.92. The lowest BCUT2D eigenvalue weighted by Crippen LogP contribution is -2.22. The normalized spacial score (nSPS) is 12.6. The molecule has 1 atom stereocenters. The fourth-order valence-corrected chi connectivity index (χ4v) is 2.84. The highest BCUT2D eigenvalue weighted by Gasteiger charge is 2.17. The van der Waals surface area contributed by atoms with Crippen molar-refractivity contribution in [3.05, 3.63) is 57.5 Å². The van der Waals surface area contributed by atoms with Crippen molar-refractivity contribution in [3.63, 3.8) is 0 Å². The first kappa shape index (κ1) is 14.4. The highest BCUT2D eigenvalue weighted by molar-refractivity contribution is 9.10. The van der Waals surface area contributed by atoms with E-state index in [1.807, 2.05) is 13.0 Å². The number of furan rings is 1. The van der Waals surface area contributed by atoms with Crippen molar-refractivity contribution in [1.82, 2.24) is 5.32 Å². The van der Waals surface area contributed by atoms with Gasteiger partial charge in [0.2, 0.25) is 0 Å². The first-order chi connectivity index (χ1) is 9.10. The van der Waals surface area contributed by atoms with E-state index in [2.05, 4.69) is 59.4 Å². The van der Waals surface area contributed by atoms with Crippen LogP contribution >= 0.6 is 15.9 Å². The summed E-state index contributed by atoms with van der Waals surface area (Å²) in [4.78, 5) is 0. The van der Waals surface area contributed by atoms with Gasteiger partial charge in [0.25, 0.3) is 0 Å². The smallest absolute Gasteiger partial charge is 0.125 e. The van der Waals surface area contributed by atoms with Gasteiger partial charge in [-0.3, -0.25) is 0 Å². The summed E-state index contributed by atoms with van der Waals surface area (Å²) in [7, 11) is 0. The van der Waals surface area contributed by atoms with Crippen molar-refractivity contribution in [3.8, 4) is 0 Å². The third-order valence-electron chi connectivity index (χ3n) is 3.04. The lowest BCUT2D eigenvalue weighted by atomic mass is 10.0. The molecule has 2 aromatic rings. The van der Waals surface area contributed by atoms with E-state index < -0.39 is 0 Å². The summed E-state index contributed by atoms with van der Waals surface area (Å²) >= 11 is 3.57. The van der Waals surface area contributed by atoms with Gasteiger partial charge >= 0.3 is 0 Å². The Morgan fingerprint density at radius 1 is 1.21 bits per heavy atom. The second-order valence-electron chi connectivity index (χ2n) is 4.90. The van der Waals surface area contributed by atoms with Gasteiger partial charge in [-0.25, -0.2) is 0 Å². The Morgan fingerprint density at radius 2 is 2.00 bits per heavy atom. The van der Waals surface area contributed by atoms with E-state index in [1.165, 1.54) is 11.1 Å². The van der Waals surface area contributed by atoms with Crippen molar-refractivity contribution < 1.29 is 4.42 Å². The third-order valence-corrected chi connectivity index (χ3v) is 3.50. The fraction of sp³-hybridized carbons (Fsp3) is 0.375. The molecule has 0 fully saturated rings. The van der Waals surface area contributed by atoms with Crippen LogP contribution in [0.3, 0.4) is 0 Å². The topological polar surface area (TPSA) is 25.2 Å². The molecule has 0 aliphatic carbocycles. The second kappa shape index (κ2) is 6.40. The quantitative estimate of drug-likeness (QED) is 0.859. The molecule has 0 bridgehead atoms. The fourth-order valence-electron chi connectivity index (χ4n) is 2.21. The molecular weight excluding hydrogens is 302 g/mol. The standard InChI is InChI=1S/C16H20BrNO/c1-4-7-18-16(15-6-5-12(3)19-15)13-8-11(2)9-14(17)10-13/h5-6,8-10,16,18H,4,7H2,1-3H3. The highest BCUT2D eigenvalue weighted by atomic mass is 79.9. The van der Waals surface area contributed by atoms with Crippen LogP contribution in [-0.2, 0) is 0 Å². The van der Waals surface area contributed by atoms with Crippen molar-refractivity contribution in [2.45, 2.75) is 33.2 Å². The molecule has 2 nitrogen and oxygen atoms in total. The van der Waals surface area contributed by atoms with E-state index in [4.69, 9.17) is 4.42 Å². The van der Waals surface area contributed by atoms with Crippen molar-refractivity contribution in [2.75, 3.05) is 6.54 Å². The number of halogens is 1. The average molecular weight is 322 g/mol. The first-order valence-corrected chi connectivity index (χ1v) is 7.46. The Morgan fingerprint density at radius 3 is 2.58 bits per heavy atom. The van der Waals surface area contributed by atoms with Crippen LogP contribution in [0.4, 0.5) is 0 Å². The van der Waals surface area contributed by atoms with E-state index in [0.29, 0.717) is 0 Å². The summed E-state index contributed by atoms with van der Waals surface area (Å²) < 4.78 is 6.90. The molecule has 1 aromatic heterocycles. The molecule has 1 unspecified atom stereocenters. The average Bonchev–Trinajstić information content (AvgIpc) is 2.75. The number of hydrogen-bond acceptors (Lipinski definition) is 2. The van der Waals surface area contributed by atoms with Crippen LogP contribution in [0, 0.1) is 13.8 Å². The van der Waals surface area contributed by atoms with Gasteiger partial charge in [0.05, 0.1) is 6.04 Å². The van der Waals surface area contributed by atoms with Gasteiger partial charge < -0.3 is 9.73 Å². The van der Waals surface area contributed by atoms with Gasteiger partial charge in [0.15, 0.2) is 0 Å². The van der Waals surface area contributed by atoms with Crippen LogP contribution in [0.5, 0.6) is 0 Å². The zero-order chi connectivity index (χ0) is 13.8. The predicted molar refractivity (Wildman–Crippen MR) is 82.5 cm³/mol. The molecule has 0 saturated heterocycles. The van der Waals surface area contributed by atoms with Crippen LogP contribution in [0.15, 0.2) is 39.2 Å². The third kappa shape index (κ3) is 3.71. The Hall–Kier alpha value is -1.06. The molecule has 1 N–H and O–H groups in total. The minimum absolute atomic E-state index is 0.116. The van der Waals surface area contributed by atoms with Gasteiger partial charge in [-0.15, -0.1) is 0 Å². The summed E-state index contributed by atoms with van der Waals surface area (Å²) in [6, 6.07) is 10.7. The van der Waals surface area contributed by atoms with Crippen molar-refractivity contribution in [1.29, 1.82) is 0 Å². The van der Waals surface area contributed by atoms with Crippen molar-refractivity contribution in [2.24, 2.45) is 0 Å². The lowest BCUT2D eigenvalue weighted by Gasteiger charge is -2.18. The summed E-state index contributed by atoms with van der Waals surface area (Å²) in [5.41, 5.74) is 2.48. The molecule has 0 aliphatic rings. The molecule has 0 spiro atoms. The number of rotatable bonds is 5. The number of benzene rings is 1. The highest BCUT2D eigenvalue weighted by Crippen LogP contribution is 2.27. The van der Waals surface area contributed by atoms with Gasteiger partial charge in [0, 0.05) is 4.47 Å². The lowest BCUT2D eigenvalue weighted by molar-refractivity contribution is 0.430. The molecule has 1 heterocycles. The van der Waals surface area contributed by atoms with E-state index in [1.54, 1.807) is 0 Å². The van der Waals surface area contributed by atoms with Gasteiger partial charge in [-0.1, -0.05) is 28.9 Å². The molecule has 0 radical (unpaired) electrons. The minimum atomic E-state index is 0.116. The predicted octanol–water partition coefficient (Wildman–Crippen LogP) is 4.75. The minimum Gasteiger partial charge on any atom is -0.464 e. The molecule has 3 heteroatoms. The first-order valence-electron chi connectivity index (χ1n) is 6.67. The summed E-state index contributed by atoms with van der Waals surface area (Å²) in [6.45, 7) is 7.23. The maximum atomic E-state index is 5.80.